The Morgan fingerprint density at radius 2 is 2.22 bits per heavy atom. The van der Waals surface area contributed by atoms with Crippen molar-refractivity contribution in [2.45, 2.75) is 39.3 Å². The first-order chi connectivity index (χ1) is 8.70. The molecule has 0 radical (unpaired) electrons. The van der Waals surface area contributed by atoms with E-state index >= 15 is 0 Å². The number of aromatic nitrogens is 5. The molecule has 6 heteroatoms. The van der Waals surface area contributed by atoms with Gasteiger partial charge in [0.25, 0.3) is 0 Å². The Morgan fingerprint density at radius 3 is 2.94 bits per heavy atom. The monoisotopic (exact) mass is 249 g/mol. The fourth-order valence-electron chi connectivity index (χ4n) is 1.88. The van der Waals surface area contributed by atoms with Gasteiger partial charge >= 0.3 is 0 Å². The predicted octanol–water partition coefficient (Wildman–Crippen LogP) is 1.03. The van der Waals surface area contributed by atoms with Gasteiger partial charge in [0, 0.05) is 18.8 Å². The summed E-state index contributed by atoms with van der Waals surface area (Å²) in [4.78, 5) is 4.16. The molecule has 2 aromatic rings. The highest BCUT2D eigenvalue weighted by Gasteiger charge is 2.07. The van der Waals surface area contributed by atoms with Crippen LogP contribution in [0.2, 0.25) is 0 Å². The van der Waals surface area contributed by atoms with E-state index in [1.165, 1.54) is 0 Å². The van der Waals surface area contributed by atoms with Gasteiger partial charge in [0.2, 0.25) is 0 Å². The van der Waals surface area contributed by atoms with Crippen LogP contribution in [0.3, 0.4) is 0 Å². The minimum Gasteiger partial charge on any atom is -0.396 e. The Kier molecular flexibility index (Phi) is 4.09. The number of aliphatic hydroxyl groups is 1. The fraction of sp³-hybridized carbons (Fsp3) is 0.583. The van der Waals surface area contributed by atoms with Gasteiger partial charge in [0.15, 0.2) is 0 Å². The molecule has 0 aliphatic heterocycles. The van der Waals surface area contributed by atoms with Crippen LogP contribution >= 0.6 is 0 Å². The zero-order valence-electron chi connectivity index (χ0n) is 10.8. The summed E-state index contributed by atoms with van der Waals surface area (Å²) in [5, 5.41) is 16.9. The first-order valence-electron chi connectivity index (χ1n) is 6.21. The fourth-order valence-corrected chi connectivity index (χ4v) is 1.88. The quantitative estimate of drug-likeness (QED) is 0.830. The number of aryl methyl sites for hydroxylation is 1. The third kappa shape index (κ3) is 2.95. The van der Waals surface area contributed by atoms with Crippen LogP contribution in [-0.4, -0.2) is 36.3 Å². The molecule has 2 aromatic heterocycles. The second-order valence-corrected chi connectivity index (χ2v) is 4.62. The Hall–Kier alpha value is -1.69. The lowest BCUT2D eigenvalue weighted by atomic mass is 10.2. The first kappa shape index (κ1) is 12.8. The topological polar surface area (TPSA) is 68.8 Å². The summed E-state index contributed by atoms with van der Waals surface area (Å²) in [7, 11) is 0. The molecule has 1 N–H and O–H groups in total. The molecule has 18 heavy (non-hydrogen) atoms. The van der Waals surface area contributed by atoms with Crippen molar-refractivity contribution in [3.05, 3.63) is 30.1 Å². The maximum Gasteiger partial charge on any atom is 0.0951 e. The molecule has 0 saturated heterocycles. The van der Waals surface area contributed by atoms with Crippen LogP contribution in [0.5, 0.6) is 0 Å². The summed E-state index contributed by atoms with van der Waals surface area (Å²) < 4.78 is 3.93. The van der Waals surface area contributed by atoms with E-state index in [2.05, 4.69) is 33.7 Å². The molecule has 2 rings (SSSR count). The van der Waals surface area contributed by atoms with E-state index in [9.17, 15) is 0 Å². The summed E-state index contributed by atoms with van der Waals surface area (Å²) in [5.41, 5.74) is 2.03. The van der Waals surface area contributed by atoms with Crippen LogP contribution in [-0.2, 0) is 13.0 Å². The van der Waals surface area contributed by atoms with Gasteiger partial charge in [0.1, 0.15) is 0 Å². The summed E-state index contributed by atoms with van der Waals surface area (Å²) >= 11 is 0. The van der Waals surface area contributed by atoms with Gasteiger partial charge in [-0.2, -0.15) is 0 Å². The zero-order valence-corrected chi connectivity index (χ0v) is 10.8. The van der Waals surface area contributed by atoms with E-state index in [0.29, 0.717) is 12.6 Å². The van der Waals surface area contributed by atoms with E-state index in [1.54, 1.807) is 0 Å². The van der Waals surface area contributed by atoms with Gasteiger partial charge in [-0.1, -0.05) is 5.21 Å². The SMILES string of the molecule is CC(C)n1cncc1Cn1cc(CCCO)nn1. The van der Waals surface area contributed by atoms with Gasteiger partial charge in [-0.25, -0.2) is 9.67 Å². The number of aliphatic hydroxyl groups excluding tert-OH is 1. The normalized spacial score (nSPS) is 11.3. The highest BCUT2D eigenvalue weighted by molar-refractivity contribution is 5.02. The average molecular weight is 249 g/mol. The first-order valence-corrected chi connectivity index (χ1v) is 6.21. The van der Waals surface area contributed by atoms with Crippen LogP contribution in [0.25, 0.3) is 0 Å². The van der Waals surface area contributed by atoms with E-state index in [0.717, 1.165) is 24.2 Å². The largest absolute Gasteiger partial charge is 0.396 e. The second-order valence-electron chi connectivity index (χ2n) is 4.62. The minimum atomic E-state index is 0.187. The van der Waals surface area contributed by atoms with Gasteiger partial charge in [-0.05, 0) is 26.7 Å². The van der Waals surface area contributed by atoms with E-state index in [1.807, 2.05) is 23.4 Å². The molecule has 0 spiro atoms. The van der Waals surface area contributed by atoms with Gasteiger partial charge in [-0.3, -0.25) is 0 Å². The summed E-state index contributed by atoms with van der Waals surface area (Å²) in [6.45, 7) is 5.11. The molecule has 0 fully saturated rings. The number of nitrogens with zero attached hydrogens (tertiary/aromatic N) is 5. The number of rotatable bonds is 6. The van der Waals surface area contributed by atoms with Crippen molar-refractivity contribution in [2.24, 2.45) is 0 Å². The maximum absolute atomic E-state index is 8.77. The number of hydrogen-bond donors (Lipinski definition) is 1. The lowest BCUT2D eigenvalue weighted by Crippen LogP contribution is -2.09. The Balaban J connectivity index is 2.04. The van der Waals surface area contributed by atoms with Crippen LogP contribution in [0.4, 0.5) is 0 Å². The highest BCUT2D eigenvalue weighted by atomic mass is 16.2. The third-order valence-corrected chi connectivity index (χ3v) is 2.80. The standard InChI is InChI=1S/C12H19N5O/c1-10(2)17-9-13-6-12(17)8-16-7-11(14-15-16)4-3-5-18/h6-7,9-10,18H,3-5,8H2,1-2H3. The molecule has 0 saturated carbocycles. The molecule has 6 nitrogen and oxygen atoms in total. The maximum atomic E-state index is 8.77. The van der Waals surface area contributed by atoms with Crippen LogP contribution in [0, 0.1) is 0 Å². The highest BCUT2D eigenvalue weighted by Crippen LogP contribution is 2.10. The average Bonchev–Trinajstić information content (AvgIpc) is 2.96. The van der Waals surface area contributed by atoms with Crippen LogP contribution in [0.15, 0.2) is 18.7 Å². The van der Waals surface area contributed by atoms with Crippen molar-refractivity contribution in [1.82, 2.24) is 24.5 Å². The van der Waals surface area contributed by atoms with Crippen LogP contribution in [0.1, 0.15) is 37.7 Å². The Bertz CT molecular complexity index is 488. The molecule has 0 atom stereocenters. The minimum absolute atomic E-state index is 0.187. The van der Waals surface area contributed by atoms with E-state index in [4.69, 9.17) is 5.11 Å². The van der Waals surface area contributed by atoms with E-state index < -0.39 is 0 Å². The molecule has 0 amide bonds. The van der Waals surface area contributed by atoms with Crippen molar-refractivity contribution < 1.29 is 5.11 Å². The van der Waals surface area contributed by atoms with Crippen LogP contribution < -0.4 is 0 Å². The molecule has 0 aromatic carbocycles. The predicted molar refractivity (Wildman–Crippen MR) is 67.1 cm³/mol. The molecular weight excluding hydrogens is 230 g/mol. The number of imidazole rings is 1. The van der Waals surface area contributed by atoms with E-state index in [-0.39, 0.29) is 6.61 Å². The molecule has 0 aliphatic carbocycles. The van der Waals surface area contributed by atoms with Gasteiger partial charge in [-0.15, -0.1) is 5.10 Å². The zero-order chi connectivity index (χ0) is 13.0. The number of hydrogen-bond acceptors (Lipinski definition) is 4. The molecule has 0 unspecified atom stereocenters. The Morgan fingerprint density at radius 1 is 1.39 bits per heavy atom. The summed E-state index contributed by atoms with van der Waals surface area (Å²) in [5.74, 6) is 0. The molecule has 98 valence electrons. The van der Waals surface area contributed by atoms with Gasteiger partial charge < -0.3 is 9.67 Å². The molecular formula is C12H19N5O. The summed E-state index contributed by atoms with van der Waals surface area (Å²) in [6, 6.07) is 0.389. The lowest BCUT2D eigenvalue weighted by molar-refractivity contribution is 0.288. The second kappa shape index (κ2) is 5.77. The van der Waals surface area contributed by atoms with Gasteiger partial charge in [0.05, 0.1) is 30.5 Å². The van der Waals surface area contributed by atoms with Crippen molar-refractivity contribution in [1.29, 1.82) is 0 Å². The lowest BCUT2D eigenvalue weighted by Gasteiger charge is -2.11. The molecule has 2 heterocycles. The summed E-state index contributed by atoms with van der Waals surface area (Å²) in [6.07, 6.45) is 7.11. The van der Waals surface area contributed by atoms with Crippen molar-refractivity contribution in [3.8, 4) is 0 Å². The molecule has 0 bridgehead atoms. The smallest absolute Gasteiger partial charge is 0.0951 e. The van der Waals surface area contributed by atoms with Crippen molar-refractivity contribution in [2.75, 3.05) is 6.61 Å². The third-order valence-electron chi connectivity index (χ3n) is 2.80. The molecule has 0 aliphatic rings. The Labute approximate surface area is 106 Å². The van der Waals surface area contributed by atoms with Crippen molar-refractivity contribution >= 4 is 0 Å². The van der Waals surface area contributed by atoms with Crippen molar-refractivity contribution in [3.63, 3.8) is 0 Å².